The van der Waals surface area contributed by atoms with E-state index >= 15 is 0 Å². The van der Waals surface area contributed by atoms with E-state index in [-0.39, 0.29) is 6.23 Å². The summed E-state index contributed by atoms with van der Waals surface area (Å²) >= 11 is 0. The Hall–Kier alpha value is -1.78. The number of hydrogen-bond donors (Lipinski definition) is 1. The Bertz CT molecular complexity index is 342. The summed E-state index contributed by atoms with van der Waals surface area (Å²) in [5.41, 5.74) is 5.24. The van der Waals surface area contributed by atoms with Crippen LogP contribution < -0.4 is 10.5 Å². The van der Waals surface area contributed by atoms with Crippen LogP contribution in [0, 0.1) is 0 Å². The molecule has 0 saturated carbocycles. The van der Waals surface area contributed by atoms with Crippen molar-refractivity contribution < 1.29 is 9.53 Å². The number of nitrogens with two attached hydrogens (primary N) is 1. The Balaban J connectivity index is 2.03. The number of nitrogens with zero attached hydrogens (tertiary/aromatic N) is 2. The zero-order chi connectivity index (χ0) is 10.7. The number of carbonyl (C=O) groups excluding carboxylic acids is 1. The lowest BCUT2D eigenvalue weighted by Gasteiger charge is -2.23. The fourth-order valence-electron chi connectivity index (χ4n) is 1.68. The zero-order valence-electron chi connectivity index (χ0n) is 8.30. The molecule has 1 aliphatic rings. The molecule has 2 heterocycles. The smallest absolute Gasteiger partial charge is 0.317 e. The van der Waals surface area contributed by atoms with Crippen molar-refractivity contribution >= 4 is 6.03 Å². The molecular formula is C10H13N3O2. The number of hydrogen-bond acceptors (Lipinski definition) is 3. The van der Waals surface area contributed by atoms with Gasteiger partial charge in [-0.1, -0.05) is 0 Å². The molecule has 0 bridgehead atoms. The van der Waals surface area contributed by atoms with Gasteiger partial charge in [0.1, 0.15) is 5.75 Å². The Labute approximate surface area is 87.8 Å². The minimum absolute atomic E-state index is 0.232. The Morgan fingerprint density at radius 2 is 2.27 bits per heavy atom. The third-order valence-corrected chi connectivity index (χ3v) is 2.40. The summed E-state index contributed by atoms with van der Waals surface area (Å²) in [6.45, 7) is 0.672. The third kappa shape index (κ3) is 2.18. The Morgan fingerprint density at radius 3 is 2.93 bits per heavy atom. The summed E-state index contributed by atoms with van der Waals surface area (Å²) in [5, 5.41) is 0. The van der Waals surface area contributed by atoms with Crippen molar-refractivity contribution in [2.75, 3.05) is 6.54 Å². The van der Waals surface area contributed by atoms with E-state index in [4.69, 9.17) is 10.5 Å². The quantitative estimate of drug-likeness (QED) is 0.785. The van der Waals surface area contributed by atoms with Crippen LogP contribution in [0.15, 0.2) is 24.5 Å². The number of aromatic nitrogens is 1. The van der Waals surface area contributed by atoms with Gasteiger partial charge in [-0.15, -0.1) is 0 Å². The van der Waals surface area contributed by atoms with Crippen molar-refractivity contribution in [2.45, 2.75) is 19.1 Å². The number of rotatable bonds is 2. The Morgan fingerprint density at radius 1 is 1.53 bits per heavy atom. The molecule has 5 heteroatoms. The molecule has 1 fully saturated rings. The van der Waals surface area contributed by atoms with Gasteiger partial charge in [0.25, 0.3) is 0 Å². The third-order valence-electron chi connectivity index (χ3n) is 2.40. The lowest BCUT2D eigenvalue weighted by atomic mass is 10.3. The van der Waals surface area contributed by atoms with Gasteiger partial charge in [0.05, 0.1) is 0 Å². The maximum atomic E-state index is 11.1. The van der Waals surface area contributed by atoms with Gasteiger partial charge in [0.15, 0.2) is 6.23 Å². The zero-order valence-corrected chi connectivity index (χ0v) is 8.30. The lowest BCUT2D eigenvalue weighted by Crippen LogP contribution is -2.42. The van der Waals surface area contributed by atoms with Crippen LogP contribution in [0.3, 0.4) is 0 Å². The first-order chi connectivity index (χ1) is 7.27. The van der Waals surface area contributed by atoms with E-state index in [1.807, 2.05) is 0 Å². The van der Waals surface area contributed by atoms with E-state index in [1.165, 1.54) is 0 Å². The minimum Gasteiger partial charge on any atom is -0.470 e. The predicted octanol–water partition coefficient (Wildman–Crippen LogP) is 0.961. The molecule has 1 aromatic rings. The molecule has 1 aromatic heterocycles. The highest BCUT2D eigenvalue weighted by atomic mass is 16.5. The van der Waals surface area contributed by atoms with Gasteiger partial charge in [-0.05, 0) is 18.6 Å². The average Bonchev–Trinajstić information content (AvgIpc) is 2.67. The summed E-state index contributed by atoms with van der Waals surface area (Å²) in [7, 11) is 0. The summed E-state index contributed by atoms with van der Waals surface area (Å²) in [4.78, 5) is 16.5. The minimum atomic E-state index is -0.424. The van der Waals surface area contributed by atoms with Crippen LogP contribution in [0.1, 0.15) is 12.8 Å². The molecule has 0 aromatic carbocycles. The van der Waals surface area contributed by atoms with Crippen LogP contribution in [-0.2, 0) is 0 Å². The first-order valence-electron chi connectivity index (χ1n) is 4.90. The number of likely N-dealkylation sites (tertiary alicyclic amines) is 1. The highest BCUT2D eigenvalue weighted by Gasteiger charge is 2.28. The van der Waals surface area contributed by atoms with E-state index in [0.29, 0.717) is 12.3 Å². The molecule has 0 spiro atoms. The summed E-state index contributed by atoms with van der Waals surface area (Å²) in [6, 6.07) is 3.10. The van der Waals surface area contributed by atoms with Gasteiger partial charge in [0, 0.05) is 25.4 Å². The molecule has 1 aliphatic heterocycles. The van der Waals surface area contributed by atoms with Crippen molar-refractivity contribution in [3.63, 3.8) is 0 Å². The SMILES string of the molecule is NC(=O)N1CCCC1Oc1ccncc1. The molecular weight excluding hydrogens is 194 g/mol. The highest BCUT2D eigenvalue weighted by Crippen LogP contribution is 2.20. The molecule has 1 saturated heterocycles. The van der Waals surface area contributed by atoms with Crippen LogP contribution in [0.25, 0.3) is 0 Å². The van der Waals surface area contributed by atoms with E-state index in [0.717, 1.165) is 12.8 Å². The van der Waals surface area contributed by atoms with Crippen molar-refractivity contribution in [3.8, 4) is 5.75 Å². The second kappa shape index (κ2) is 4.16. The van der Waals surface area contributed by atoms with E-state index in [1.54, 1.807) is 29.4 Å². The van der Waals surface area contributed by atoms with Crippen LogP contribution in [0.4, 0.5) is 4.79 Å². The van der Waals surface area contributed by atoms with Crippen LogP contribution in [-0.4, -0.2) is 28.7 Å². The maximum Gasteiger partial charge on any atom is 0.317 e. The fraction of sp³-hybridized carbons (Fsp3) is 0.400. The van der Waals surface area contributed by atoms with Crippen LogP contribution in [0.2, 0.25) is 0 Å². The van der Waals surface area contributed by atoms with Gasteiger partial charge >= 0.3 is 6.03 Å². The predicted molar refractivity (Wildman–Crippen MR) is 54.2 cm³/mol. The normalized spacial score (nSPS) is 20.3. The van der Waals surface area contributed by atoms with E-state index in [9.17, 15) is 4.79 Å². The number of amides is 2. The first-order valence-corrected chi connectivity index (χ1v) is 4.90. The molecule has 0 aliphatic carbocycles. The topological polar surface area (TPSA) is 68.5 Å². The van der Waals surface area contributed by atoms with Crippen molar-refractivity contribution in [1.29, 1.82) is 0 Å². The van der Waals surface area contributed by atoms with Crippen molar-refractivity contribution in [2.24, 2.45) is 5.73 Å². The molecule has 5 nitrogen and oxygen atoms in total. The second-order valence-corrected chi connectivity index (χ2v) is 3.43. The Kier molecular flexibility index (Phi) is 2.71. The number of primary amides is 1. The molecule has 1 unspecified atom stereocenters. The molecule has 2 rings (SSSR count). The number of pyridine rings is 1. The molecule has 2 N–H and O–H groups in total. The fourth-order valence-corrected chi connectivity index (χ4v) is 1.68. The van der Waals surface area contributed by atoms with E-state index < -0.39 is 6.03 Å². The highest BCUT2D eigenvalue weighted by molar-refractivity contribution is 5.72. The number of carbonyl (C=O) groups is 1. The summed E-state index contributed by atoms with van der Waals surface area (Å²) in [5.74, 6) is 0.711. The van der Waals surface area contributed by atoms with E-state index in [2.05, 4.69) is 4.98 Å². The molecule has 0 radical (unpaired) electrons. The van der Waals surface area contributed by atoms with Gasteiger partial charge in [-0.2, -0.15) is 0 Å². The number of urea groups is 1. The van der Waals surface area contributed by atoms with Crippen molar-refractivity contribution in [1.82, 2.24) is 9.88 Å². The molecule has 15 heavy (non-hydrogen) atoms. The molecule has 2 amide bonds. The largest absolute Gasteiger partial charge is 0.470 e. The second-order valence-electron chi connectivity index (χ2n) is 3.43. The van der Waals surface area contributed by atoms with Crippen molar-refractivity contribution in [3.05, 3.63) is 24.5 Å². The summed E-state index contributed by atoms with van der Waals surface area (Å²) in [6.07, 6.45) is 4.83. The van der Waals surface area contributed by atoms with Crippen LogP contribution in [0.5, 0.6) is 5.75 Å². The maximum absolute atomic E-state index is 11.1. The standard InChI is InChI=1S/C10H13N3O2/c11-10(14)13-7-1-2-9(13)15-8-3-5-12-6-4-8/h3-6,9H,1-2,7H2,(H2,11,14). The average molecular weight is 207 g/mol. The summed E-state index contributed by atoms with van der Waals surface area (Å²) < 4.78 is 5.63. The van der Waals surface area contributed by atoms with Gasteiger partial charge in [0.2, 0.25) is 0 Å². The number of ether oxygens (including phenoxy) is 1. The molecule has 1 atom stereocenters. The lowest BCUT2D eigenvalue weighted by molar-refractivity contribution is 0.0861. The van der Waals surface area contributed by atoms with Crippen LogP contribution >= 0.6 is 0 Å². The monoisotopic (exact) mass is 207 g/mol. The van der Waals surface area contributed by atoms with Gasteiger partial charge in [-0.25, -0.2) is 4.79 Å². The van der Waals surface area contributed by atoms with Gasteiger partial charge < -0.3 is 10.5 Å². The molecule has 80 valence electrons. The van der Waals surface area contributed by atoms with Gasteiger partial charge in [-0.3, -0.25) is 9.88 Å². The first kappa shape index (κ1) is 9.76.